The van der Waals surface area contributed by atoms with E-state index in [4.69, 9.17) is 4.74 Å². The van der Waals surface area contributed by atoms with E-state index in [2.05, 4.69) is 20.9 Å². The first kappa shape index (κ1) is 22.2. The third-order valence-corrected chi connectivity index (χ3v) is 7.09. The molecule has 1 atom stereocenters. The van der Waals surface area contributed by atoms with E-state index >= 15 is 0 Å². The van der Waals surface area contributed by atoms with E-state index in [0.29, 0.717) is 27.1 Å². The average molecular weight is 539 g/mol. The lowest BCUT2D eigenvalue weighted by Crippen LogP contribution is -2.29. The van der Waals surface area contributed by atoms with Crippen LogP contribution in [0.5, 0.6) is 5.75 Å². The Morgan fingerprint density at radius 2 is 1.79 bits per heavy atom. The minimum atomic E-state index is -0.916. The van der Waals surface area contributed by atoms with Crippen molar-refractivity contribution >= 4 is 60.1 Å². The van der Waals surface area contributed by atoms with E-state index in [1.165, 1.54) is 30.2 Å². The van der Waals surface area contributed by atoms with Crippen molar-refractivity contribution in [3.63, 3.8) is 0 Å². The first-order valence-electron chi connectivity index (χ1n) is 10.1. The molecule has 1 aromatic heterocycles. The molecule has 2 heterocycles. The van der Waals surface area contributed by atoms with Gasteiger partial charge in [0, 0.05) is 10.0 Å². The van der Waals surface area contributed by atoms with Crippen molar-refractivity contribution in [3.8, 4) is 5.75 Å². The zero-order valence-electron chi connectivity index (χ0n) is 17.7. The molecular formula is C25H16BrFN2O4S. The number of fused-ring (bicyclic) bond motifs is 1. The largest absolute Gasteiger partial charge is 0.507 e. The third-order valence-electron chi connectivity index (χ3n) is 5.54. The number of carbonyl (C=O) groups excluding carboxylic acids is 2. The van der Waals surface area contributed by atoms with Crippen molar-refractivity contribution in [1.29, 1.82) is 0 Å². The van der Waals surface area contributed by atoms with Gasteiger partial charge in [-0.2, -0.15) is 0 Å². The molecule has 1 saturated heterocycles. The van der Waals surface area contributed by atoms with Gasteiger partial charge in [-0.25, -0.2) is 9.37 Å². The molecular weight excluding hydrogens is 523 g/mol. The van der Waals surface area contributed by atoms with Gasteiger partial charge in [0.15, 0.2) is 5.13 Å². The van der Waals surface area contributed by atoms with E-state index in [0.717, 1.165) is 15.8 Å². The maximum Gasteiger partial charge on any atom is 0.301 e. The summed E-state index contributed by atoms with van der Waals surface area (Å²) < 4.78 is 20.3. The van der Waals surface area contributed by atoms with Gasteiger partial charge in [-0.05, 0) is 60.2 Å². The van der Waals surface area contributed by atoms with Gasteiger partial charge in [0.1, 0.15) is 17.3 Å². The van der Waals surface area contributed by atoms with E-state index in [-0.39, 0.29) is 16.5 Å². The summed E-state index contributed by atoms with van der Waals surface area (Å²) in [7, 11) is 1.53. The normalized spacial score (nSPS) is 17.5. The molecule has 0 radical (unpaired) electrons. The van der Waals surface area contributed by atoms with Crippen molar-refractivity contribution in [2.45, 2.75) is 6.04 Å². The number of anilines is 1. The molecule has 0 aliphatic carbocycles. The van der Waals surface area contributed by atoms with Crippen LogP contribution in [-0.2, 0) is 9.59 Å². The fourth-order valence-electron chi connectivity index (χ4n) is 3.88. The number of nitrogens with zero attached hydrogens (tertiary/aromatic N) is 2. The van der Waals surface area contributed by atoms with E-state index < -0.39 is 23.5 Å². The molecule has 0 spiro atoms. The highest BCUT2D eigenvalue weighted by Gasteiger charge is 2.48. The summed E-state index contributed by atoms with van der Waals surface area (Å²) in [6, 6.07) is 16.9. The van der Waals surface area contributed by atoms with Crippen LogP contribution in [0.3, 0.4) is 0 Å². The maximum absolute atomic E-state index is 13.7. The molecule has 170 valence electrons. The number of hydrogen-bond acceptors (Lipinski definition) is 6. The number of rotatable bonds is 4. The molecule has 1 N–H and O–H groups in total. The highest BCUT2D eigenvalue weighted by molar-refractivity contribution is 9.10. The maximum atomic E-state index is 13.7. The van der Waals surface area contributed by atoms with Gasteiger partial charge in [0.05, 0.1) is 28.9 Å². The van der Waals surface area contributed by atoms with Gasteiger partial charge in [-0.1, -0.05) is 39.4 Å². The number of hydrogen-bond donors (Lipinski definition) is 1. The van der Waals surface area contributed by atoms with E-state index in [9.17, 15) is 19.1 Å². The van der Waals surface area contributed by atoms with Gasteiger partial charge in [-0.15, -0.1) is 0 Å². The number of ether oxygens (including phenoxy) is 1. The Labute approximate surface area is 206 Å². The van der Waals surface area contributed by atoms with Gasteiger partial charge in [0.2, 0.25) is 0 Å². The molecule has 1 fully saturated rings. The lowest BCUT2D eigenvalue weighted by molar-refractivity contribution is -0.132. The first-order valence-corrected chi connectivity index (χ1v) is 11.8. The summed E-state index contributed by atoms with van der Waals surface area (Å²) in [6.45, 7) is 0. The number of ketones is 1. The Bertz CT molecular complexity index is 1460. The highest BCUT2D eigenvalue weighted by Crippen LogP contribution is 2.44. The van der Waals surface area contributed by atoms with Crippen LogP contribution in [0, 0.1) is 5.82 Å². The Morgan fingerprint density at radius 1 is 1.09 bits per heavy atom. The average Bonchev–Trinajstić information content (AvgIpc) is 3.37. The van der Waals surface area contributed by atoms with Crippen LogP contribution in [0.25, 0.3) is 16.0 Å². The number of Topliss-reactive ketones (excluding diaryl/α,β-unsaturated/α-hetero) is 1. The minimum Gasteiger partial charge on any atom is -0.507 e. The number of aliphatic hydroxyl groups is 1. The zero-order valence-corrected chi connectivity index (χ0v) is 20.1. The predicted molar refractivity (Wildman–Crippen MR) is 131 cm³/mol. The third kappa shape index (κ3) is 3.76. The van der Waals surface area contributed by atoms with Gasteiger partial charge >= 0.3 is 5.91 Å². The summed E-state index contributed by atoms with van der Waals surface area (Å²) in [6.07, 6.45) is 0. The second-order valence-electron chi connectivity index (χ2n) is 7.56. The number of methoxy groups -OCH3 is 1. The summed E-state index contributed by atoms with van der Waals surface area (Å²) >= 11 is 4.50. The zero-order chi connectivity index (χ0) is 24.0. The van der Waals surface area contributed by atoms with Crippen molar-refractivity contribution in [3.05, 3.63) is 93.7 Å². The Hall–Kier alpha value is -3.56. The fourth-order valence-corrected chi connectivity index (χ4v) is 5.17. The highest BCUT2D eigenvalue weighted by atomic mass is 79.9. The Kier molecular flexibility index (Phi) is 5.66. The van der Waals surface area contributed by atoms with Crippen molar-refractivity contribution in [2.75, 3.05) is 12.0 Å². The molecule has 1 amide bonds. The molecule has 0 unspecified atom stereocenters. The first-order chi connectivity index (χ1) is 16.4. The van der Waals surface area contributed by atoms with Crippen LogP contribution in [0.4, 0.5) is 9.52 Å². The van der Waals surface area contributed by atoms with Crippen LogP contribution in [0.2, 0.25) is 0 Å². The number of benzene rings is 3. The molecule has 1 aliphatic heterocycles. The second kappa shape index (κ2) is 8.66. The van der Waals surface area contributed by atoms with Crippen molar-refractivity contribution in [2.24, 2.45) is 0 Å². The number of halogens is 2. The molecule has 5 rings (SSSR count). The van der Waals surface area contributed by atoms with E-state index in [1.54, 1.807) is 48.5 Å². The van der Waals surface area contributed by atoms with Crippen LogP contribution >= 0.6 is 27.3 Å². The van der Waals surface area contributed by atoms with Gasteiger partial charge < -0.3 is 9.84 Å². The Balaban J connectivity index is 1.71. The summed E-state index contributed by atoms with van der Waals surface area (Å²) in [5, 5.41) is 11.4. The number of aliphatic hydroxyl groups excluding tert-OH is 1. The topological polar surface area (TPSA) is 79.7 Å². The van der Waals surface area contributed by atoms with E-state index in [1.807, 2.05) is 0 Å². The lowest BCUT2D eigenvalue weighted by atomic mass is 9.95. The number of carbonyl (C=O) groups is 2. The van der Waals surface area contributed by atoms with Crippen molar-refractivity contribution < 1.29 is 23.8 Å². The minimum absolute atomic E-state index is 0.0528. The number of thiazole rings is 1. The smallest absolute Gasteiger partial charge is 0.301 e. The molecule has 0 bridgehead atoms. The fraction of sp³-hybridized carbons (Fsp3) is 0.0800. The number of amides is 1. The molecule has 1 aliphatic rings. The van der Waals surface area contributed by atoms with Crippen LogP contribution in [-0.4, -0.2) is 28.9 Å². The SMILES string of the molecule is COc1ccc(/C(O)=C2\C(=O)C(=O)N(c3nc4ccc(F)cc4s3)[C@H]2c2ccc(Br)cc2)cc1. The molecule has 3 aromatic carbocycles. The molecule has 6 nitrogen and oxygen atoms in total. The second-order valence-corrected chi connectivity index (χ2v) is 9.48. The lowest BCUT2D eigenvalue weighted by Gasteiger charge is -2.23. The molecule has 9 heteroatoms. The van der Waals surface area contributed by atoms with Crippen molar-refractivity contribution in [1.82, 2.24) is 4.98 Å². The quantitative estimate of drug-likeness (QED) is 0.201. The van der Waals surface area contributed by atoms with Crippen LogP contribution in [0.15, 0.2) is 76.8 Å². The standard InChI is InChI=1S/C25H16BrFN2O4S/c1-33-17-9-4-14(5-10-17)22(30)20-21(13-2-6-15(26)7-3-13)29(24(32)23(20)31)25-28-18-11-8-16(27)12-19(18)34-25/h2-12,21,30H,1H3/b22-20+/t21-/m0/s1. The van der Waals surface area contributed by atoms with Crippen LogP contribution < -0.4 is 9.64 Å². The monoisotopic (exact) mass is 538 g/mol. The summed E-state index contributed by atoms with van der Waals surface area (Å²) in [5.74, 6) is -1.78. The molecule has 0 saturated carbocycles. The van der Waals surface area contributed by atoms with Gasteiger partial charge in [0.25, 0.3) is 5.78 Å². The summed E-state index contributed by atoms with van der Waals surface area (Å²) in [5.41, 5.74) is 1.44. The Morgan fingerprint density at radius 3 is 2.47 bits per heavy atom. The molecule has 4 aromatic rings. The molecule has 34 heavy (non-hydrogen) atoms. The van der Waals surface area contributed by atoms with Gasteiger partial charge in [-0.3, -0.25) is 14.5 Å². The summed E-state index contributed by atoms with van der Waals surface area (Å²) in [4.78, 5) is 32.2. The predicted octanol–water partition coefficient (Wildman–Crippen LogP) is 5.83. The van der Waals surface area contributed by atoms with Crippen LogP contribution in [0.1, 0.15) is 17.2 Å². The number of aromatic nitrogens is 1.